The molecule has 146 valence electrons. The molecule has 2 aromatic rings. The third-order valence-electron chi connectivity index (χ3n) is 4.91. The van der Waals surface area contributed by atoms with Gasteiger partial charge in [0.2, 0.25) is 10.0 Å². The van der Waals surface area contributed by atoms with Gasteiger partial charge >= 0.3 is 0 Å². The number of aliphatic hydroxyl groups is 1. The van der Waals surface area contributed by atoms with Gasteiger partial charge in [0, 0.05) is 13.1 Å². The van der Waals surface area contributed by atoms with E-state index >= 15 is 0 Å². The van der Waals surface area contributed by atoms with Crippen LogP contribution in [0.2, 0.25) is 0 Å². The molecule has 3 N–H and O–H groups in total. The van der Waals surface area contributed by atoms with Crippen LogP contribution in [0.5, 0.6) is 0 Å². The summed E-state index contributed by atoms with van der Waals surface area (Å²) >= 11 is 1.52. The number of thiophene rings is 1. The van der Waals surface area contributed by atoms with Crippen LogP contribution < -0.4 is 5.73 Å². The first-order valence-corrected chi connectivity index (χ1v) is 11.3. The summed E-state index contributed by atoms with van der Waals surface area (Å²) in [6.45, 7) is 3.97. The Kier molecular flexibility index (Phi) is 5.71. The molecule has 0 amide bonds. The van der Waals surface area contributed by atoms with E-state index in [9.17, 15) is 13.5 Å². The number of sulfonamides is 1. The van der Waals surface area contributed by atoms with Gasteiger partial charge in [-0.1, -0.05) is 18.2 Å². The molecule has 8 heteroatoms. The van der Waals surface area contributed by atoms with Crippen LogP contribution in [0.4, 0.5) is 5.69 Å². The lowest BCUT2D eigenvalue weighted by molar-refractivity contribution is -0.00969. The zero-order chi connectivity index (χ0) is 19.7. The van der Waals surface area contributed by atoms with E-state index in [1.165, 1.54) is 15.6 Å². The molecule has 1 fully saturated rings. The molecule has 1 aromatic heterocycles. The van der Waals surface area contributed by atoms with Crippen LogP contribution >= 0.6 is 11.3 Å². The average molecular weight is 408 g/mol. The molecule has 6 nitrogen and oxygen atoms in total. The highest BCUT2D eigenvalue weighted by molar-refractivity contribution is 7.89. The number of piperidine rings is 1. The van der Waals surface area contributed by atoms with Gasteiger partial charge in [-0.25, -0.2) is 17.7 Å². The number of hydrogen-bond donors (Lipinski definition) is 2. The first kappa shape index (κ1) is 20.0. The van der Waals surface area contributed by atoms with Crippen LogP contribution in [0, 0.1) is 0 Å². The third kappa shape index (κ3) is 4.24. The maximum absolute atomic E-state index is 12.3. The van der Waals surface area contributed by atoms with E-state index in [1.807, 2.05) is 41.8 Å². The van der Waals surface area contributed by atoms with Crippen LogP contribution in [-0.2, 0) is 15.6 Å². The van der Waals surface area contributed by atoms with Crippen molar-refractivity contribution < 1.29 is 13.5 Å². The molecule has 1 saturated heterocycles. The molecule has 0 bridgehead atoms. The Bertz CT molecular complexity index is 913. The van der Waals surface area contributed by atoms with Gasteiger partial charge in [0.05, 0.1) is 21.4 Å². The summed E-state index contributed by atoms with van der Waals surface area (Å²) in [7, 11) is -3.30. The molecular formula is C19H25N3O3S2. The first-order valence-electron chi connectivity index (χ1n) is 8.92. The number of benzene rings is 1. The molecule has 0 unspecified atom stereocenters. The predicted octanol–water partition coefficient (Wildman–Crippen LogP) is 2.81. The Morgan fingerprint density at radius 2 is 1.96 bits per heavy atom. The largest absolute Gasteiger partial charge is 0.385 e. The Morgan fingerprint density at radius 1 is 1.26 bits per heavy atom. The molecule has 3 rings (SSSR count). The van der Waals surface area contributed by atoms with E-state index in [-0.39, 0.29) is 0 Å². The summed E-state index contributed by atoms with van der Waals surface area (Å²) in [5.41, 5.74) is 6.40. The monoisotopic (exact) mass is 407 g/mol. The van der Waals surface area contributed by atoms with Crippen molar-refractivity contribution >= 4 is 32.9 Å². The topological polar surface area (TPSA) is 96.0 Å². The van der Waals surface area contributed by atoms with Crippen LogP contribution in [-0.4, -0.2) is 42.0 Å². The van der Waals surface area contributed by atoms with E-state index in [0.29, 0.717) is 37.5 Å². The number of hydrogen-bond acceptors (Lipinski definition) is 5. The molecule has 1 aliphatic rings. The second kappa shape index (κ2) is 7.71. The summed E-state index contributed by atoms with van der Waals surface area (Å²) in [4.78, 5) is 5.35. The number of amidine groups is 1. The van der Waals surface area contributed by atoms with Crippen molar-refractivity contribution in [2.45, 2.75) is 37.5 Å². The minimum atomic E-state index is -3.30. The van der Waals surface area contributed by atoms with Gasteiger partial charge < -0.3 is 10.8 Å². The summed E-state index contributed by atoms with van der Waals surface area (Å²) < 4.78 is 26.1. The Labute approximate surface area is 164 Å². The summed E-state index contributed by atoms with van der Waals surface area (Å²) in [5, 5.41) is 12.6. The lowest BCUT2D eigenvalue weighted by Gasteiger charge is -2.38. The lowest BCUT2D eigenvalue weighted by atomic mass is 9.85. The minimum Gasteiger partial charge on any atom is -0.385 e. The molecule has 0 aliphatic carbocycles. The van der Waals surface area contributed by atoms with Crippen molar-refractivity contribution in [1.29, 1.82) is 0 Å². The molecule has 0 spiro atoms. The fraction of sp³-hybridized carbons (Fsp3) is 0.421. The van der Waals surface area contributed by atoms with E-state index in [4.69, 9.17) is 5.73 Å². The van der Waals surface area contributed by atoms with Crippen LogP contribution in [0.15, 0.2) is 46.8 Å². The molecule has 0 atom stereocenters. The number of aliphatic imine (C=N–C) groups is 1. The average Bonchev–Trinajstić information content (AvgIpc) is 3.17. The van der Waals surface area contributed by atoms with E-state index < -0.39 is 20.9 Å². The van der Waals surface area contributed by atoms with E-state index in [2.05, 4.69) is 4.99 Å². The quantitative estimate of drug-likeness (QED) is 0.588. The van der Waals surface area contributed by atoms with Gasteiger partial charge in [-0.3, -0.25) is 0 Å². The van der Waals surface area contributed by atoms with Gasteiger partial charge in [0.1, 0.15) is 5.84 Å². The minimum absolute atomic E-state index is 0.307. The Balaban J connectivity index is 1.78. The van der Waals surface area contributed by atoms with E-state index in [0.717, 1.165) is 10.4 Å². The Morgan fingerprint density at radius 3 is 2.56 bits per heavy atom. The molecule has 0 radical (unpaired) electrons. The van der Waals surface area contributed by atoms with Crippen molar-refractivity contribution in [2.75, 3.05) is 13.1 Å². The third-order valence-corrected chi connectivity index (χ3v) is 8.08. The normalized spacial score (nSPS) is 18.7. The van der Waals surface area contributed by atoms with Gasteiger partial charge in [0.15, 0.2) is 0 Å². The highest BCUT2D eigenvalue weighted by atomic mass is 32.2. The zero-order valence-corrected chi connectivity index (χ0v) is 17.1. The molecule has 27 heavy (non-hydrogen) atoms. The van der Waals surface area contributed by atoms with Crippen molar-refractivity contribution in [1.82, 2.24) is 4.31 Å². The SMILES string of the molecule is CC(C)S(=O)(=O)N1CCC(O)(c2cccc(N=C(N)c3cccs3)c2)CC1. The zero-order valence-electron chi connectivity index (χ0n) is 15.5. The molecule has 1 aromatic carbocycles. The molecular weight excluding hydrogens is 382 g/mol. The van der Waals surface area contributed by atoms with Gasteiger partial charge in [-0.2, -0.15) is 0 Å². The summed E-state index contributed by atoms with van der Waals surface area (Å²) in [6, 6.07) is 11.2. The van der Waals surface area contributed by atoms with E-state index in [1.54, 1.807) is 13.8 Å². The molecule has 1 aliphatic heterocycles. The van der Waals surface area contributed by atoms with Gasteiger partial charge in [-0.05, 0) is 55.8 Å². The maximum atomic E-state index is 12.3. The van der Waals surface area contributed by atoms with Crippen LogP contribution in [0.1, 0.15) is 37.1 Å². The molecule has 0 saturated carbocycles. The second-order valence-corrected chi connectivity index (χ2v) is 10.5. The summed E-state index contributed by atoms with van der Waals surface area (Å²) in [6.07, 6.45) is 0.707. The smallest absolute Gasteiger partial charge is 0.216 e. The first-order chi connectivity index (χ1) is 12.7. The van der Waals surface area contributed by atoms with Crippen LogP contribution in [0.25, 0.3) is 0 Å². The fourth-order valence-electron chi connectivity index (χ4n) is 3.18. The molecule has 2 heterocycles. The van der Waals surface area contributed by atoms with Crippen molar-refractivity contribution in [3.63, 3.8) is 0 Å². The number of nitrogens with zero attached hydrogens (tertiary/aromatic N) is 2. The fourth-order valence-corrected chi connectivity index (χ4v) is 5.10. The van der Waals surface area contributed by atoms with Gasteiger partial charge in [-0.15, -0.1) is 11.3 Å². The Hall–Kier alpha value is -1.74. The highest BCUT2D eigenvalue weighted by Gasteiger charge is 2.38. The number of nitrogens with two attached hydrogens (primary N) is 1. The summed E-state index contributed by atoms with van der Waals surface area (Å²) in [5.74, 6) is 0.437. The lowest BCUT2D eigenvalue weighted by Crippen LogP contribution is -2.47. The second-order valence-electron chi connectivity index (χ2n) is 7.05. The van der Waals surface area contributed by atoms with Crippen molar-refractivity contribution in [3.05, 3.63) is 52.2 Å². The van der Waals surface area contributed by atoms with Crippen LogP contribution in [0.3, 0.4) is 0 Å². The van der Waals surface area contributed by atoms with Crippen molar-refractivity contribution in [2.24, 2.45) is 10.7 Å². The maximum Gasteiger partial charge on any atom is 0.216 e. The standard InChI is InChI=1S/C19H25N3O3S2/c1-14(2)27(24,25)22-10-8-19(23,9-11-22)15-5-3-6-16(13-15)21-18(20)17-7-4-12-26-17/h3-7,12-14,23H,8-11H2,1-2H3,(H2,20,21). The predicted molar refractivity (Wildman–Crippen MR) is 110 cm³/mol. The highest BCUT2D eigenvalue weighted by Crippen LogP contribution is 2.35. The van der Waals surface area contributed by atoms with Gasteiger partial charge in [0.25, 0.3) is 0 Å². The number of rotatable bonds is 5. The van der Waals surface area contributed by atoms with Crippen molar-refractivity contribution in [3.8, 4) is 0 Å².